The zero-order valence-electron chi connectivity index (χ0n) is 16.3. The molecule has 0 N–H and O–H groups in total. The van der Waals surface area contributed by atoms with Crippen LogP contribution in [0.4, 0.5) is 0 Å². The van der Waals surface area contributed by atoms with E-state index < -0.39 is 17.0 Å². The van der Waals surface area contributed by atoms with Gasteiger partial charge >= 0.3 is 5.97 Å². The lowest BCUT2D eigenvalue weighted by Gasteiger charge is -2.11. The molecule has 3 rings (SSSR count). The number of ketones is 1. The van der Waals surface area contributed by atoms with Crippen LogP contribution >= 0.6 is 11.6 Å². The Labute approximate surface area is 173 Å². The molecule has 29 heavy (non-hydrogen) atoms. The van der Waals surface area contributed by atoms with Crippen LogP contribution < -0.4 is 4.74 Å². The first-order chi connectivity index (χ1) is 13.8. The SMILES string of the molecule is COC(=O)COc1cccc2c1c(C(=O)C(=O)Cl)c(C)n2Cc1ccccc1C. The van der Waals surface area contributed by atoms with Crippen LogP contribution in [0, 0.1) is 13.8 Å². The van der Waals surface area contributed by atoms with Crippen molar-refractivity contribution in [1.29, 1.82) is 0 Å². The Balaban J connectivity index is 2.21. The monoisotopic (exact) mass is 413 g/mol. The number of methoxy groups -OCH3 is 1. The summed E-state index contributed by atoms with van der Waals surface area (Å²) in [5.74, 6) is -1.06. The number of nitrogens with zero attached hydrogens (tertiary/aromatic N) is 1. The summed E-state index contributed by atoms with van der Waals surface area (Å²) in [6.07, 6.45) is 0. The Bertz CT molecular complexity index is 1120. The highest BCUT2D eigenvalue weighted by Crippen LogP contribution is 2.35. The van der Waals surface area contributed by atoms with Gasteiger partial charge in [0.05, 0.1) is 23.6 Å². The molecule has 0 saturated heterocycles. The summed E-state index contributed by atoms with van der Waals surface area (Å²) < 4.78 is 12.1. The first kappa shape index (κ1) is 20.6. The zero-order valence-corrected chi connectivity index (χ0v) is 17.1. The van der Waals surface area contributed by atoms with Crippen molar-refractivity contribution in [2.45, 2.75) is 20.4 Å². The van der Waals surface area contributed by atoms with Crippen LogP contribution in [0.3, 0.4) is 0 Å². The Kier molecular flexibility index (Phi) is 6.03. The van der Waals surface area contributed by atoms with Crippen LogP contribution in [-0.4, -0.2) is 35.3 Å². The highest BCUT2D eigenvalue weighted by atomic mass is 35.5. The molecule has 0 atom stereocenters. The van der Waals surface area contributed by atoms with Crippen molar-refractivity contribution in [1.82, 2.24) is 4.57 Å². The van der Waals surface area contributed by atoms with E-state index >= 15 is 0 Å². The van der Waals surface area contributed by atoms with Crippen molar-refractivity contribution >= 4 is 39.5 Å². The van der Waals surface area contributed by atoms with E-state index in [4.69, 9.17) is 16.3 Å². The van der Waals surface area contributed by atoms with Gasteiger partial charge in [0.25, 0.3) is 5.24 Å². The maximum Gasteiger partial charge on any atom is 0.343 e. The number of hydrogen-bond acceptors (Lipinski definition) is 5. The van der Waals surface area contributed by atoms with E-state index in [-0.39, 0.29) is 12.2 Å². The first-order valence-electron chi connectivity index (χ1n) is 8.95. The molecule has 7 heteroatoms. The number of carbonyl (C=O) groups is 3. The maximum absolute atomic E-state index is 12.6. The third-order valence-electron chi connectivity index (χ3n) is 4.88. The van der Waals surface area contributed by atoms with Gasteiger partial charge in [-0.05, 0) is 48.7 Å². The summed E-state index contributed by atoms with van der Waals surface area (Å²) in [5.41, 5.74) is 3.65. The number of fused-ring (bicyclic) bond motifs is 1. The van der Waals surface area contributed by atoms with E-state index in [0.29, 0.717) is 28.9 Å². The Morgan fingerprint density at radius 1 is 1.03 bits per heavy atom. The van der Waals surface area contributed by atoms with Crippen molar-refractivity contribution in [3.8, 4) is 5.75 Å². The van der Waals surface area contributed by atoms with Crippen LogP contribution in [-0.2, 0) is 20.9 Å². The molecule has 0 radical (unpaired) electrons. The molecular weight excluding hydrogens is 394 g/mol. The van der Waals surface area contributed by atoms with Crippen molar-refractivity contribution in [2.24, 2.45) is 0 Å². The van der Waals surface area contributed by atoms with Gasteiger partial charge in [0.15, 0.2) is 6.61 Å². The van der Waals surface area contributed by atoms with Crippen molar-refractivity contribution in [2.75, 3.05) is 13.7 Å². The minimum atomic E-state index is -1.08. The average Bonchev–Trinajstić information content (AvgIpc) is 2.99. The van der Waals surface area contributed by atoms with Gasteiger partial charge in [-0.2, -0.15) is 0 Å². The summed E-state index contributed by atoms with van der Waals surface area (Å²) in [6.45, 7) is 3.95. The molecule has 0 aliphatic rings. The summed E-state index contributed by atoms with van der Waals surface area (Å²) in [7, 11) is 1.26. The number of benzene rings is 2. The number of rotatable bonds is 7. The van der Waals surface area contributed by atoms with Crippen molar-refractivity contribution in [3.05, 3.63) is 64.8 Å². The number of esters is 1. The predicted octanol–water partition coefficient (Wildman–Crippen LogP) is 3.81. The van der Waals surface area contributed by atoms with Crippen LogP contribution in [0.1, 0.15) is 27.2 Å². The lowest BCUT2D eigenvalue weighted by Crippen LogP contribution is -2.13. The Morgan fingerprint density at radius 2 is 1.76 bits per heavy atom. The summed E-state index contributed by atoms with van der Waals surface area (Å²) in [5, 5.41) is -0.632. The molecule has 1 aromatic heterocycles. The molecule has 150 valence electrons. The number of halogens is 1. The van der Waals surface area contributed by atoms with E-state index in [9.17, 15) is 14.4 Å². The van der Waals surface area contributed by atoms with Gasteiger partial charge in [0, 0.05) is 12.2 Å². The van der Waals surface area contributed by atoms with Gasteiger partial charge in [-0.15, -0.1) is 0 Å². The second kappa shape index (κ2) is 8.49. The number of aromatic nitrogens is 1. The summed E-state index contributed by atoms with van der Waals surface area (Å²) >= 11 is 5.52. The number of aryl methyl sites for hydroxylation is 1. The molecule has 2 aromatic carbocycles. The molecule has 0 bridgehead atoms. The molecule has 6 nitrogen and oxygen atoms in total. The fraction of sp³-hybridized carbons (Fsp3) is 0.227. The zero-order chi connectivity index (χ0) is 21.1. The standard InChI is InChI=1S/C22H20ClNO5/c1-13-7-4-5-8-15(13)11-24-14(2)19(21(26)22(23)27)20-16(24)9-6-10-17(20)29-12-18(25)28-3/h4-10H,11-12H2,1-3H3. The second-order valence-electron chi connectivity index (χ2n) is 6.59. The minimum absolute atomic E-state index is 0.175. The van der Waals surface area contributed by atoms with Gasteiger partial charge in [0.2, 0.25) is 5.78 Å². The fourth-order valence-corrected chi connectivity index (χ4v) is 3.44. The van der Waals surface area contributed by atoms with Crippen molar-refractivity contribution in [3.63, 3.8) is 0 Å². The number of hydrogen-bond donors (Lipinski definition) is 0. The van der Waals surface area contributed by atoms with Gasteiger partial charge in [-0.25, -0.2) is 4.79 Å². The highest BCUT2D eigenvalue weighted by molar-refractivity contribution is 6.83. The second-order valence-corrected chi connectivity index (χ2v) is 6.93. The van der Waals surface area contributed by atoms with E-state index in [0.717, 1.165) is 11.1 Å². The van der Waals surface area contributed by atoms with E-state index in [1.807, 2.05) is 41.8 Å². The molecule has 0 aliphatic carbocycles. The smallest absolute Gasteiger partial charge is 0.343 e. The van der Waals surface area contributed by atoms with Gasteiger partial charge < -0.3 is 14.0 Å². The normalized spacial score (nSPS) is 10.8. The number of ether oxygens (including phenoxy) is 2. The van der Waals surface area contributed by atoms with Crippen LogP contribution in [0.5, 0.6) is 5.75 Å². The Hall–Kier alpha value is -3.12. The molecule has 0 saturated carbocycles. The summed E-state index contributed by atoms with van der Waals surface area (Å²) in [4.78, 5) is 35.8. The largest absolute Gasteiger partial charge is 0.481 e. The van der Waals surface area contributed by atoms with Crippen LogP contribution in [0.15, 0.2) is 42.5 Å². The quantitative estimate of drug-likeness (QED) is 0.255. The summed E-state index contributed by atoms with van der Waals surface area (Å²) in [6, 6.07) is 13.2. The molecule has 0 fully saturated rings. The van der Waals surface area contributed by atoms with E-state index in [1.165, 1.54) is 7.11 Å². The van der Waals surface area contributed by atoms with E-state index in [1.54, 1.807) is 19.1 Å². The molecule has 3 aromatic rings. The maximum atomic E-state index is 12.6. The predicted molar refractivity (Wildman–Crippen MR) is 110 cm³/mol. The lowest BCUT2D eigenvalue weighted by molar-refractivity contribution is -0.142. The Morgan fingerprint density at radius 3 is 2.41 bits per heavy atom. The molecule has 0 aliphatic heterocycles. The molecule has 0 unspecified atom stereocenters. The van der Waals surface area contributed by atoms with Crippen LogP contribution in [0.25, 0.3) is 10.9 Å². The number of carbonyl (C=O) groups excluding carboxylic acids is 3. The molecule has 0 amide bonds. The molecule has 0 spiro atoms. The topological polar surface area (TPSA) is 74.6 Å². The van der Waals surface area contributed by atoms with Gasteiger partial charge in [-0.1, -0.05) is 30.3 Å². The minimum Gasteiger partial charge on any atom is -0.481 e. The van der Waals surface area contributed by atoms with E-state index in [2.05, 4.69) is 4.74 Å². The van der Waals surface area contributed by atoms with Crippen LogP contribution in [0.2, 0.25) is 0 Å². The number of Topliss-reactive ketones (excluding diaryl/α,β-unsaturated/α-hetero) is 1. The molecule has 1 heterocycles. The van der Waals surface area contributed by atoms with Gasteiger partial charge in [0.1, 0.15) is 5.75 Å². The lowest BCUT2D eigenvalue weighted by atomic mass is 10.1. The highest BCUT2D eigenvalue weighted by Gasteiger charge is 2.26. The fourth-order valence-electron chi connectivity index (χ4n) is 3.35. The van der Waals surface area contributed by atoms with Crippen molar-refractivity contribution < 1.29 is 23.9 Å². The third-order valence-corrected chi connectivity index (χ3v) is 5.05. The average molecular weight is 414 g/mol. The van der Waals surface area contributed by atoms with Gasteiger partial charge in [-0.3, -0.25) is 9.59 Å². The first-order valence-corrected chi connectivity index (χ1v) is 9.33. The molecular formula is C22H20ClNO5. The third kappa shape index (κ3) is 4.03.